The molecule has 0 aliphatic heterocycles. The third kappa shape index (κ3) is 8.79. The van der Waals surface area contributed by atoms with E-state index in [1.54, 1.807) is 20.9 Å². The molecule has 0 aliphatic rings. The highest BCUT2D eigenvalue weighted by Crippen LogP contribution is 2.44. The van der Waals surface area contributed by atoms with Crippen molar-refractivity contribution in [3.8, 4) is 0 Å². The molecule has 0 aromatic heterocycles. The number of amides is 1. The van der Waals surface area contributed by atoms with Crippen molar-refractivity contribution < 1.29 is 14.4 Å². The van der Waals surface area contributed by atoms with Crippen molar-refractivity contribution >= 4 is 17.5 Å². The van der Waals surface area contributed by atoms with Crippen LogP contribution in [0.15, 0.2) is 0 Å². The summed E-state index contributed by atoms with van der Waals surface area (Å²) in [6, 6.07) is -0.407. The maximum Gasteiger partial charge on any atom is 0.226 e. The molecule has 0 saturated heterocycles. The molecular weight excluding hydrogens is 414 g/mol. The van der Waals surface area contributed by atoms with Crippen LogP contribution in [0, 0.1) is 21.7 Å². The van der Waals surface area contributed by atoms with Gasteiger partial charge in [0.05, 0.1) is 11.5 Å². The number of carbonyl (C=O) groups is 3. The fraction of sp³-hybridized carbons (Fsp3) is 0.889. The van der Waals surface area contributed by atoms with E-state index < -0.39 is 22.4 Å². The minimum atomic E-state index is -0.712. The molecule has 1 amide bonds. The van der Waals surface area contributed by atoms with Crippen LogP contribution in [0.3, 0.4) is 0 Å². The molecule has 33 heavy (non-hydrogen) atoms. The molecule has 0 fully saturated rings. The highest BCUT2D eigenvalue weighted by molar-refractivity contribution is 5.84. The lowest BCUT2D eigenvalue weighted by Crippen LogP contribution is -2.63. The van der Waals surface area contributed by atoms with E-state index in [2.05, 4.69) is 57.1 Å². The van der Waals surface area contributed by atoms with Gasteiger partial charge in [0, 0.05) is 24.5 Å². The average Bonchev–Trinajstić information content (AvgIpc) is 2.57. The largest absolute Gasteiger partial charge is 0.359 e. The summed E-state index contributed by atoms with van der Waals surface area (Å²) in [5, 5.41) is 6.05. The number of hydrogen-bond donors (Lipinski definition) is 2. The monoisotopic (exact) mass is 467 g/mol. The topological polar surface area (TPSA) is 78.5 Å². The number of hydrogen-bond acceptors (Lipinski definition) is 5. The van der Waals surface area contributed by atoms with Crippen LogP contribution in [-0.4, -0.2) is 61.1 Å². The highest BCUT2D eigenvalue weighted by atomic mass is 16.2. The van der Waals surface area contributed by atoms with E-state index in [9.17, 15) is 14.4 Å². The Labute approximate surface area is 204 Å². The van der Waals surface area contributed by atoms with Gasteiger partial charge in [-0.05, 0) is 78.8 Å². The summed E-state index contributed by atoms with van der Waals surface area (Å²) in [7, 11) is 3.59. The lowest BCUT2D eigenvalue weighted by Gasteiger charge is -2.53. The predicted octanol–water partition coefficient (Wildman–Crippen LogP) is 4.46. The number of rotatable bonds is 14. The Morgan fingerprint density at radius 1 is 0.788 bits per heavy atom. The van der Waals surface area contributed by atoms with Gasteiger partial charge in [0.2, 0.25) is 5.91 Å². The molecule has 2 N–H and O–H groups in total. The second-order valence-electron chi connectivity index (χ2n) is 13.4. The van der Waals surface area contributed by atoms with Gasteiger partial charge in [0.25, 0.3) is 0 Å². The standard InChI is InChI=1S/C27H53N3O3/c1-19(31)21(25(7,8)15-23(3,4)17-28-13)30(18-26(9,10)22(33)29-14)27(11,12)16-24(5,6)20(2)32/h21,28H,15-18H2,1-14H3,(H,29,33). The number of nitrogens with zero attached hydrogens (tertiary/aromatic N) is 1. The van der Waals surface area contributed by atoms with Gasteiger partial charge in [-0.1, -0.05) is 41.5 Å². The van der Waals surface area contributed by atoms with Gasteiger partial charge in [-0.15, -0.1) is 0 Å². The van der Waals surface area contributed by atoms with Gasteiger partial charge in [-0.3, -0.25) is 19.3 Å². The van der Waals surface area contributed by atoms with Crippen LogP contribution in [0.1, 0.15) is 95.9 Å². The second kappa shape index (κ2) is 11.0. The van der Waals surface area contributed by atoms with Crippen molar-refractivity contribution in [1.82, 2.24) is 15.5 Å². The first kappa shape index (κ1) is 31.7. The molecule has 0 radical (unpaired) electrons. The van der Waals surface area contributed by atoms with Gasteiger partial charge in [-0.25, -0.2) is 0 Å². The smallest absolute Gasteiger partial charge is 0.226 e. The molecule has 0 aliphatic carbocycles. The van der Waals surface area contributed by atoms with Crippen LogP contribution >= 0.6 is 0 Å². The van der Waals surface area contributed by atoms with Crippen LogP contribution in [0.25, 0.3) is 0 Å². The van der Waals surface area contributed by atoms with Crippen LogP contribution in [0.5, 0.6) is 0 Å². The van der Waals surface area contributed by atoms with Crippen molar-refractivity contribution in [3.63, 3.8) is 0 Å². The van der Waals surface area contributed by atoms with Gasteiger partial charge >= 0.3 is 0 Å². The molecule has 6 heteroatoms. The quantitative estimate of drug-likeness (QED) is 0.394. The van der Waals surface area contributed by atoms with Crippen LogP contribution in [-0.2, 0) is 14.4 Å². The maximum atomic E-state index is 13.3. The Morgan fingerprint density at radius 3 is 1.64 bits per heavy atom. The Kier molecular flexibility index (Phi) is 10.6. The first-order valence-electron chi connectivity index (χ1n) is 12.2. The summed E-state index contributed by atoms with van der Waals surface area (Å²) in [6.07, 6.45) is 1.41. The number of nitrogens with one attached hydrogen (secondary N) is 2. The predicted molar refractivity (Wildman–Crippen MR) is 138 cm³/mol. The zero-order chi connectivity index (χ0) is 26.6. The third-order valence-corrected chi connectivity index (χ3v) is 7.04. The first-order chi connectivity index (χ1) is 14.6. The third-order valence-electron chi connectivity index (χ3n) is 7.04. The lowest BCUT2D eigenvalue weighted by atomic mass is 9.67. The van der Waals surface area contributed by atoms with E-state index in [-0.39, 0.29) is 28.3 Å². The highest BCUT2D eigenvalue weighted by Gasteiger charge is 2.49. The van der Waals surface area contributed by atoms with Gasteiger partial charge in [0.1, 0.15) is 11.6 Å². The van der Waals surface area contributed by atoms with E-state index in [0.717, 1.165) is 13.0 Å². The van der Waals surface area contributed by atoms with E-state index in [1.807, 2.05) is 34.7 Å². The lowest BCUT2D eigenvalue weighted by molar-refractivity contribution is -0.142. The number of carbonyl (C=O) groups excluding carboxylic acids is 3. The summed E-state index contributed by atoms with van der Waals surface area (Å²) in [6.45, 7) is 25.2. The van der Waals surface area contributed by atoms with E-state index in [1.165, 1.54) is 0 Å². The summed E-state index contributed by atoms with van der Waals surface area (Å²) < 4.78 is 0. The van der Waals surface area contributed by atoms with E-state index in [4.69, 9.17) is 0 Å². The Morgan fingerprint density at radius 2 is 1.27 bits per heavy atom. The van der Waals surface area contributed by atoms with Crippen LogP contribution in [0.4, 0.5) is 0 Å². The molecule has 6 nitrogen and oxygen atoms in total. The second-order valence-corrected chi connectivity index (χ2v) is 13.4. The number of ketones is 2. The molecule has 0 rings (SSSR count). The summed E-state index contributed by atoms with van der Waals surface area (Å²) >= 11 is 0. The minimum Gasteiger partial charge on any atom is -0.359 e. The van der Waals surface area contributed by atoms with Crippen molar-refractivity contribution in [2.75, 3.05) is 27.2 Å². The zero-order valence-corrected chi connectivity index (χ0v) is 24.1. The summed E-state index contributed by atoms with van der Waals surface area (Å²) in [4.78, 5) is 40.7. The molecule has 0 aromatic carbocycles. The fourth-order valence-corrected chi connectivity index (χ4v) is 5.86. The van der Waals surface area contributed by atoms with Gasteiger partial charge < -0.3 is 10.6 Å². The normalized spacial score (nSPS) is 14.9. The molecule has 0 bridgehead atoms. The van der Waals surface area contributed by atoms with Crippen molar-refractivity contribution in [2.24, 2.45) is 21.7 Å². The molecule has 0 heterocycles. The van der Waals surface area contributed by atoms with Crippen LogP contribution in [0.2, 0.25) is 0 Å². The summed E-state index contributed by atoms with van der Waals surface area (Å²) in [5.41, 5.74) is -2.13. The van der Waals surface area contributed by atoms with E-state index >= 15 is 0 Å². The minimum absolute atomic E-state index is 0.0171. The molecular formula is C27H53N3O3. The average molecular weight is 468 g/mol. The van der Waals surface area contributed by atoms with Gasteiger partial charge in [-0.2, -0.15) is 0 Å². The van der Waals surface area contributed by atoms with Crippen molar-refractivity contribution in [3.05, 3.63) is 0 Å². The van der Waals surface area contributed by atoms with E-state index in [0.29, 0.717) is 13.0 Å². The van der Waals surface area contributed by atoms with Crippen molar-refractivity contribution in [1.29, 1.82) is 0 Å². The molecule has 0 aromatic rings. The molecule has 1 unspecified atom stereocenters. The fourth-order valence-electron chi connectivity index (χ4n) is 5.86. The molecule has 194 valence electrons. The zero-order valence-electron chi connectivity index (χ0n) is 24.1. The maximum absolute atomic E-state index is 13.3. The molecule has 1 atom stereocenters. The summed E-state index contributed by atoms with van der Waals surface area (Å²) in [5.74, 6) is 0.140. The Balaban J connectivity index is 6.69. The number of Topliss-reactive ketones (excluding diaryl/α,β-unsaturated/α-hetero) is 2. The SMILES string of the molecule is CNCC(C)(C)CC(C)(C)C(C(C)=O)N(CC(C)(C)C(=O)NC)C(C)(C)CC(C)(C)C(C)=O. The molecule has 0 saturated carbocycles. The van der Waals surface area contributed by atoms with Crippen LogP contribution < -0.4 is 10.6 Å². The van der Waals surface area contributed by atoms with Gasteiger partial charge in [0.15, 0.2) is 0 Å². The Bertz CT molecular complexity index is 705. The van der Waals surface area contributed by atoms with Crippen molar-refractivity contribution in [2.45, 2.75) is 108 Å². The first-order valence-corrected chi connectivity index (χ1v) is 12.2. The Hall–Kier alpha value is -1.27. The molecule has 0 spiro atoms.